The van der Waals surface area contributed by atoms with Gasteiger partial charge in [0.2, 0.25) is 0 Å². The van der Waals surface area contributed by atoms with Gasteiger partial charge in [-0.25, -0.2) is 0 Å². The first-order valence-corrected chi connectivity index (χ1v) is 8.67. The van der Waals surface area contributed by atoms with E-state index in [-0.39, 0.29) is 5.75 Å². The maximum Gasteiger partial charge on any atom is 0.119 e. The van der Waals surface area contributed by atoms with E-state index in [9.17, 15) is 10.2 Å². The molecule has 0 aromatic heterocycles. The first-order chi connectivity index (χ1) is 10.1. The van der Waals surface area contributed by atoms with Crippen LogP contribution in [0.2, 0.25) is 0 Å². The fourth-order valence-corrected chi connectivity index (χ4v) is 2.85. The average Bonchev–Trinajstić information content (AvgIpc) is 2.48. The summed E-state index contributed by atoms with van der Waals surface area (Å²) in [5, 5.41) is 19.3. The largest absolute Gasteiger partial charge is 0.508 e. The molecule has 120 valence electrons. The molecule has 0 bridgehead atoms. The number of aromatic hydroxyl groups is 2. The van der Waals surface area contributed by atoms with E-state index in [0.717, 1.165) is 12.0 Å². The van der Waals surface area contributed by atoms with Crippen molar-refractivity contribution in [3.8, 4) is 11.5 Å². The van der Waals surface area contributed by atoms with Crippen LogP contribution in [0.15, 0.2) is 18.2 Å². The summed E-state index contributed by atoms with van der Waals surface area (Å²) in [5.74, 6) is 0.847. The zero-order chi connectivity index (χ0) is 15.5. The van der Waals surface area contributed by atoms with Crippen molar-refractivity contribution in [1.82, 2.24) is 0 Å². The van der Waals surface area contributed by atoms with Crippen molar-refractivity contribution < 1.29 is 10.2 Å². The van der Waals surface area contributed by atoms with Crippen molar-refractivity contribution in [2.24, 2.45) is 0 Å². The maximum absolute atomic E-state index is 9.84. The molecule has 1 aromatic carbocycles. The molecular weight excluding hydrogens is 260 g/mol. The molecule has 0 radical (unpaired) electrons. The van der Waals surface area contributed by atoms with Gasteiger partial charge < -0.3 is 10.2 Å². The Labute approximate surface area is 130 Å². The Kier molecular flexibility index (Phi) is 8.96. The number of benzene rings is 1. The summed E-state index contributed by atoms with van der Waals surface area (Å²) in [7, 11) is 0. The van der Waals surface area contributed by atoms with Crippen LogP contribution in [0.1, 0.15) is 89.5 Å². The molecule has 2 nitrogen and oxygen atoms in total. The second-order valence-corrected chi connectivity index (χ2v) is 6.26. The Bertz CT molecular complexity index is 387. The highest BCUT2D eigenvalue weighted by Gasteiger charge is 2.10. The summed E-state index contributed by atoms with van der Waals surface area (Å²) < 4.78 is 0. The third-order valence-electron chi connectivity index (χ3n) is 4.28. The lowest BCUT2D eigenvalue weighted by Crippen LogP contribution is -1.94. The van der Waals surface area contributed by atoms with Gasteiger partial charge in [-0.05, 0) is 30.5 Å². The molecule has 1 rings (SSSR count). The molecule has 0 amide bonds. The molecule has 0 saturated heterocycles. The summed E-state index contributed by atoms with van der Waals surface area (Å²) in [6, 6.07) is 4.80. The van der Waals surface area contributed by atoms with E-state index in [1.807, 2.05) is 0 Å². The average molecular weight is 292 g/mol. The van der Waals surface area contributed by atoms with Crippen LogP contribution in [-0.2, 0) is 0 Å². The van der Waals surface area contributed by atoms with Gasteiger partial charge in [0.25, 0.3) is 0 Å². The molecule has 0 aliphatic carbocycles. The first-order valence-electron chi connectivity index (χ1n) is 8.67. The second kappa shape index (κ2) is 10.5. The van der Waals surface area contributed by atoms with Gasteiger partial charge in [-0.15, -0.1) is 0 Å². The standard InChI is InChI=1S/C19H32O2/c1-3-4-5-6-7-8-9-10-11-12-16(2)18-15-17(20)13-14-19(18)21/h13-16,20-21H,3-12H2,1-2H3. The predicted octanol–water partition coefficient (Wildman–Crippen LogP) is 6.12. The van der Waals surface area contributed by atoms with Crippen molar-refractivity contribution >= 4 is 0 Å². The highest BCUT2D eigenvalue weighted by Crippen LogP contribution is 2.32. The molecular formula is C19H32O2. The van der Waals surface area contributed by atoms with Crippen LogP contribution in [0.4, 0.5) is 0 Å². The van der Waals surface area contributed by atoms with E-state index in [2.05, 4.69) is 13.8 Å². The topological polar surface area (TPSA) is 40.5 Å². The third kappa shape index (κ3) is 7.40. The van der Waals surface area contributed by atoms with Gasteiger partial charge in [0.15, 0.2) is 0 Å². The van der Waals surface area contributed by atoms with Crippen molar-refractivity contribution in [3.63, 3.8) is 0 Å². The number of phenolic OH excluding ortho intramolecular Hbond substituents is 2. The van der Waals surface area contributed by atoms with Crippen molar-refractivity contribution in [1.29, 1.82) is 0 Å². The van der Waals surface area contributed by atoms with Gasteiger partial charge in [0.1, 0.15) is 11.5 Å². The number of hydrogen-bond donors (Lipinski definition) is 2. The highest BCUT2D eigenvalue weighted by atomic mass is 16.3. The van der Waals surface area contributed by atoms with Crippen LogP contribution >= 0.6 is 0 Å². The summed E-state index contributed by atoms with van der Waals surface area (Å²) in [4.78, 5) is 0. The number of rotatable bonds is 11. The lowest BCUT2D eigenvalue weighted by atomic mass is 9.93. The van der Waals surface area contributed by atoms with Crippen molar-refractivity contribution in [3.05, 3.63) is 23.8 Å². The Morgan fingerprint density at radius 2 is 1.43 bits per heavy atom. The zero-order valence-electron chi connectivity index (χ0n) is 13.8. The predicted molar refractivity (Wildman–Crippen MR) is 90.0 cm³/mol. The van der Waals surface area contributed by atoms with Crippen LogP contribution in [0, 0.1) is 0 Å². The molecule has 0 heterocycles. The Morgan fingerprint density at radius 3 is 2.05 bits per heavy atom. The van der Waals surface area contributed by atoms with Crippen LogP contribution < -0.4 is 0 Å². The van der Waals surface area contributed by atoms with E-state index in [1.165, 1.54) is 63.9 Å². The van der Waals surface area contributed by atoms with Gasteiger partial charge in [-0.1, -0.05) is 71.6 Å². The summed E-state index contributed by atoms with van der Waals surface area (Å²) in [6.07, 6.45) is 13.1. The van der Waals surface area contributed by atoms with Gasteiger partial charge >= 0.3 is 0 Å². The monoisotopic (exact) mass is 292 g/mol. The van der Waals surface area contributed by atoms with Crippen LogP contribution in [0.25, 0.3) is 0 Å². The van der Waals surface area contributed by atoms with Crippen LogP contribution in [0.3, 0.4) is 0 Å². The molecule has 2 N–H and O–H groups in total. The fraction of sp³-hybridized carbons (Fsp3) is 0.684. The smallest absolute Gasteiger partial charge is 0.119 e. The van der Waals surface area contributed by atoms with Crippen molar-refractivity contribution in [2.75, 3.05) is 0 Å². The Hall–Kier alpha value is -1.18. The molecule has 0 aliphatic heterocycles. The summed E-state index contributed by atoms with van der Waals surface area (Å²) in [6.45, 7) is 4.38. The van der Waals surface area contributed by atoms with Crippen LogP contribution in [-0.4, -0.2) is 10.2 Å². The molecule has 2 heteroatoms. The molecule has 0 fully saturated rings. The quantitative estimate of drug-likeness (QED) is 0.381. The van der Waals surface area contributed by atoms with E-state index in [1.54, 1.807) is 12.1 Å². The molecule has 21 heavy (non-hydrogen) atoms. The number of phenols is 2. The van der Waals surface area contributed by atoms with E-state index in [4.69, 9.17) is 0 Å². The molecule has 1 aromatic rings. The number of unbranched alkanes of at least 4 members (excludes halogenated alkanes) is 8. The van der Waals surface area contributed by atoms with E-state index in [0.29, 0.717) is 11.7 Å². The van der Waals surface area contributed by atoms with Gasteiger partial charge in [-0.3, -0.25) is 0 Å². The minimum absolute atomic E-state index is 0.238. The minimum atomic E-state index is 0.238. The molecule has 0 spiro atoms. The summed E-state index contributed by atoms with van der Waals surface area (Å²) >= 11 is 0. The third-order valence-corrected chi connectivity index (χ3v) is 4.28. The Morgan fingerprint density at radius 1 is 0.857 bits per heavy atom. The normalized spacial score (nSPS) is 12.5. The molecule has 0 saturated carbocycles. The van der Waals surface area contributed by atoms with Gasteiger partial charge in [0.05, 0.1) is 0 Å². The minimum Gasteiger partial charge on any atom is -0.508 e. The van der Waals surface area contributed by atoms with Gasteiger partial charge in [-0.2, -0.15) is 0 Å². The molecule has 0 aliphatic rings. The molecule has 1 unspecified atom stereocenters. The van der Waals surface area contributed by atoms with Crippen molar-refractivity contribution in [2.45, 2.75) is 84.0 Å². The zero-order valence-corrected chi connectivity index (χ0v) is 13.8. The fourth-order valence-electron chi connectivity index (χ4n) is 2.85. The maximum atomic E-state index is 9.84. The lowest BCUT2D eigenvalue weighted by Gasteiger charge is -2.13. The van der Waals surface area contributed by atoms with E-state index >= 15 is 0 Å². The molecule has 1 atom stereocenters. The first kappa shape index (κ1) is 17.9. The second-order valence-electron chi connectivity index (χ2n) is 6.26. The summed E-state index contributed by atoms with van der Waals surface area (Å²) in [5.41, 5.74) is 0.870. The lowest BCUT2D eigenvalue weighted by molar-refractivity contribution is 0.445. The number of hydrogen-bond acceptors (Lipinski definition) is 2. The Balaban J connectivity index is 2.11. The van der Waals surface area contributed by atoms with Gasteiger partial charge in [0, 0.05) is 5.56 Å². The SMILES string of the molecule is CCCCCCCCCCCC(C)c1cc(O)ccc1O. The highest BCUT2D eigenvalue weighted by molar-refractivity contribution is 5.40. The van der Waals surface area contributed by atoms with Crippen LogP contribution in [0.5, 0.6) is 11.5 Å². The van der Waals surface area contributed by atoms with E-state index < -0.39 is 0 Å².